The molecule has 10 heavy (non-hydrogen) atoms. The molecule has 1 aromatic rings. The van der Waals surface area contributed by atoms with E-state index in [1.807, 2.05) is 5.43 Å². The summed E-state index contributed by atoms with van der Waals surface area (Å²) < 4.78 is 0. The lowest BCUT2D eigenvalue weighted by atomic mass is 10.7. The van der Waals surface area contributed by atoms with Gasteiger partial charge in [-0.1, -0.05) is 11.3 Å². The largest absolute Gasteiger partial charge is 0.374 e. The van der Waals surface area contributed by atoms with Gasteiger partial charge in [-0.15, -0.1) is 10.2 Å². The standard InChI is InChI=1S/C3H5N5OS/c4-3-8-7-2(10-3)1(9)6-5/h5H2,(H2,4,8)(H,6,9). The molecule has 1 aromatic heterocycles. The minimum Gasteiger partial charge on any atom is -0.374 e. The second-order valence-corrected chi connectivity index (χ2v) is 2.43. The van der Waals surface area contributed by atoms with Crippen molar-refractivity contribution in [3.05, 3.63) is 5.01 Å². The fraction of sp³-hybridized carbons (Fsp3) is 0. The number of nitrogens with two attached hydrogens (primary N) is 2. The van der Waals surface area contributed by atoms with Crippen molar-refractivity contribution in [2.45, 2.75) is 0 Å². The van der Waals surface area contributed by atoms with Crippen molar-refractivity contribution in [1.29, 1.82) is 0 Å². The summed E-state index contributed by atoms with van der Waals surface area (Å²) in [7, 11) is 0. The monoisotopic (exact) mass is 159 g/mol. The number of nitrogens with zero attached hydrogens (tertiary/aromatic N) is 2. The second kappa shape index (κ2) is 2.58. The average Bonchev–Trinajstić information content (AvgIpc) is 2.34. The molecule has 7 heteroatoms. The highest BCUT2D eigenvalue weighted by Gasteiger charge is 2.08. The van der Waals surface area contributed by atoms with Crippen LogP contribution in [0, 0.1) is 0 Å². The number of hydrogen-bond donors (Lipinski definition) is 3. The summed E-state index contributed by atoms with van der Waals surface area (Å²) in [6.45, 7) is 0. The summed E-state index contributed by atoms with van der Waals surface area (Å²) in [6.07, 6.45) is 0. The Kier molecular flexibility index (Phi) is 1.78. The van der Waals surface area contributed by atoms with Gasteiger partial charge in [0.15, 0.2) is 0 Å². The predicted octanol–water partition coefficient (Wildman–Crippen LogP) is -1.28. The molecule has 0 saturated carbocycles. The van der Waals surface area contributed by atoms with Crippen LogP contribution in [0.25, 0.3) is 0 Å². The zero-order chi connectivity index (χ0) is 7.56. The summed E-state index contributed by atoms with van der Waals surface area (Å²) in [6, 6.07) is 0. The zero-order valence-electron chi connectivity index (χ0n) is 4.87. The van der Waals surface area contributed by atoms with Crippen molar-refractivity contribution in [2.75, 3.05) is 5.73 Å². The van der Waals surface area contributed by atoms with Crippen LogP contribution >= 0.6 is 11.3 Å². The number of carbonyl (C=O) groups is 1. The summed E-state index contributed by atoms with van der Waals surface area (Å²) in [5.41, 5.74) is 7.10. The first-order chi connectivity index (χ1) is 4.74. The van der Waals surface area contributed by atoms with Crippen molar-refractivity contribution in [2.24, 2.45) is 5.84 Å². The number of nitrogen functional groups attached to an aromatic ring is 2. The molecule has 0 saturated heterocycles. The molecule has 54 valence electrons. The maximum absolute atomic E-state index is 10.6. The van der Waals surface area contributed by atoms with E-state index in [1.165, 1.54) is 0 Å². The summed E-state index contributed by atoms with van der Waals surface area (Å²) >= 11 is 0.984. The van der Waals surface area contributed by atoms with Gasteiger partial charge in [0, 0.05) is 0 Å². The molecule has 0 radical (unpaired) electrons. The van der Waals surface area contributed by atoms with E-state index >= 15 is 0 Å². The number of aromatic nitrogens is 2. The van der Waals surface area contributed by atoms with Gasteiger partial charge < -0.3 is 5.73 Å². The fourth-order valence-electron chi connectivity index (χ4n) is 0.388. The molecule has 0 bridgehead atoms. The maximum atomic E-state index is 10.6. The van der Waals surface area contributed by atoms with E-state index in [1.54, 1.807) is 0 Å². The van der Waals surface area contributed by atoms with Crippen LogP contribution in [0.1, 0.15) is 9.80 Å². The smallest absolute Gasteiger partial charge is 0.296 e. The van der Waals surface area contributed by atoms with E-state index in [0.29, 0.717) is 0 Å². The van der Waals surface area contributed by atoms with E-state index in [0.717, 1.165) is 11.3 Å². The van der Waals surface area contributed by atoms with Crippen molar-refractivity contribution in [3.63, 3.8) is 0 Å². The van der Waals surface area contributed by atoms with Crippen molar-refractivity contribution >= 4 is 22.4 Å². The topological polar surface area (TPSA) is 107 Å². The summed E-state index contributed by atoms with van der Waals surface area (Å²) in [5, 5.41) is 7.27. The summed E-state index contributed by atoms with van der Waals surface area (Å²) in [4.78, 5) is 10.6. The Labute approximate surface area is 60.2 Å². The number of hydrogen-bond acceptors (Lipinski definition) is 6. The number of anilines is 1. The molecule has 0 aliphatic heterocycles. The van der Waals surface area contributed by atoms with Gasteiger partial charge in [-0.2, -0.15) is 0 Å². The van der Waals surface area contributed by atoms with Gasteiger partial charge in [0.05, 0.1) is 0 Å². The van der Waals surface area contributed by atoms with Crippen LogP contribution in [-0.2, 0) is 0 Å². The molecule has 0 aromatic carbocycles. The SMILES string of the molecule is NNC(=O)c1nnc(N)s1. The Morgan fingerprint density at radius 2 is 2.30 bits per heavy atom. The molecule has 1 amide bonds. The number of nitrogens with one attached hydrogen (secondary N) is 1. The van der Waals surface area contributed by atoms with Crippen molar-refractivity contribution < 1.29 is 4.79 Å². The van der Waals surface area contributed by atoms with Crippen molar-refractivity contribution in [3.8, 4) is 0 Å². The average molecular weight is 159 g/mol. The highest BCUT2D eigenvalue weighted by Crippen LogP contribution is 2.09. The van der Waals surface area contributed by atoms with E-state index in [2.05, 4.69) is 10.2 Å². The van der Waals surface area contributed by atoms with Crippen LogP contribution in [0.15, 0.2) is 0 Å². The zero-order valence-corrected chi connectivity index (χ0v) is 5.68. The number of hydrazine groups is 1. The Hall–Kier alpha value is -1.21. The first-order valence-corrected chi connectivity index (χ1v) is 3.15. The second-order valence-electron chi connectivity index (χ2n) is 1.42. The lowest BCUT2D eigenvalue weighted by Crippen LogP contribution is -2.29. The van der Waals surface area contributed by atoms with Crippen LogP contribution in [0.4, 0.5) is 5.13 Å². The minimum absolute atomic E-state index is 0.167. The summed E-state index contributed by atoms with van der Waals surface area (Å²) in [5.74, 6) is 4.33. The molecule has 1 rings (SSSR count). The van der Waals surface area contributed by atoms with Crippen LogP contribution in [-0.4, -0.2) is 16.1 Å². The molecule has 0 spiro atoms. The van der Waals surface area contributed by atoms with E-state index in [4.69, 9.17) is 11.6 Å². The molecule has 0 aliphatic rings. The molecule has 5 N–H and O–H groups in total. The third-order valence-corrected chi connectivity index (χ3v) is 1.52. The molecule has 1 heterocycles. The first-order valence-electron chi connectivity index (χ1n) is 2.34. The Morgan fingerprint density at radius 1 is 1.60 bits per heavy atom. The van der Waals surface area contributed by atoms with Gasteiger partial charge >= 0.3 is 0 Å². The van der Waals surface area contributed by atoms with Gasteiger partial charge in [0.1, 0.15) is 0 Å². The third-order valence-electron chi connectivity index (χ3n) is 0.766. The van der Waals surface area contributed by atoms with Gasteiger partial charge in [-0.3, -0.25) is 10.2 Å². The van der Waals surface area contributed by atoms with Gasteiger partial charge in [-0.05, 0) is 0 Å². The van der Waals surface area contributed by atoms with Crippen LogP contribution < -0.4 is 17.0 Å². The van der Waals surface area contributed by atoms with E-state index < -0.39 is 5.91 Å². The lowest BCUT2D eigenvalue weighted by Gasteiger charge is -1.88. The van der Waals surface area contributed by atoms with Gasteiger partial charge in [-0.25, -0.2) is 5.84 Å². The van der Waals surface area contributed by atoms with Crippen LogP contribution in [0.5, 0.6) is 0 Å². The lowest BCUT2D eigenvalue weighted by molar-refractivity contribution is 0.0952. The Bertz CT molecular complexity index is 245. The van der Waals surface area contributed by atoms with Crippen molar-refractivity contribution in [1.82, 2.24) is 15.6 Å². The molecule has 0 atom stereocenters. The normalized spacial score (nSPS) is 9.30. The molecule has 0 aliphatic carbocycles. The van der Waals surface area contributed by atoms with E-state index in [9.17, 15) is 4.79 Å². The molecular weight excluding hydrogens is 154 g/mol. The molecule has 0 unspecified atom stereocenters. The highest BCUT2D eigenvalue weighted by atomic mass is 32.1. The highest BCUT2D eigenvalue weighted by molar-refractivity contribution is 7.16. The van der Waals surface area contributed by atoms with Gasteiger partial charge in [0.25, 0.3) is 5.91 Å². The van der Waals surface area contributed by atoms with E-state index in [-0.39, 0.29) is 10.1 Å². The number of carbonyl (C=O) groups excluding carboxylic acids is 1. The quantitative estimate of drug-likeness (QED) is 0.269. The predicted molar refractivity (Wildman–Crippen MR) is 36.0 cm³/mol. The number of amides is 1. The van der Waals surface area contributed by atoms with Crippen LogP contribution in [0.3, 0.4) is 0 Å². The Morgan fingerprint density at radius 3 is 2.70 bits per heavy atom. The maximum Gasteiger partial charge on any atom is 0.296 e. The fourth-order valence-corrected chi connectivity index (χ4v) is 0.901. The number of rotatable bonds is 1. The van der Waals surface area contributed by atoms with Gasteiger partial charge in [0.2, 0.25) is 10.1 Å². The first kappa shape index (κ1) is 6.90. The molecular formula is C3H5N5OS. The minimum atomic E-state index is -0.478. The molecule has 6 nitrogen and oxygen atoms in total. The third kappa shape index (κ3) is 1.20. The molecule has 0 fully saturated rings. The van der Waals surface area contributed by atoms with Crippen LogP contribution in [0.2, 0.25) is 0 Å². The Balaban J connectivity index is 2.85.